The first-order chi connectivity index (χ1) is 8.83. The average molecular weight is 301 g/mol. The van der Waals surface area contributed by atoms with Gasteiger partial charge < -0.3 is 0 Å². The van der Waals surface area contributed by atoms with E-state index in [9.17, 15) is 0 Å². The van der Waals surface area contributed by atoms with Crippen molar-refractivity contribution in [2.75, 3.05) is 0 Å². The van der Waals surface area contributed by atoms with E-state index in [1.165, 1.54) is 0 Å². The SMILES string of the molecule is Brc1ccc(-c2n[nH]c(-c3ccncc3)n2)cc1. The van der Waals surface area contributed by atoms with E-state index >= 15 is 0 Å². The summed E-state index contributed by atoms with van der Waals surface area (Å²) >= 11 is 3.40. The predicted molar refractivity (Wildman–Crippen MR) is 72.7 cm³/mol. The van der Waals surface area contributed by atoms with Gasteiger partial charge in [0.1, 0.15) is 0 Å². The molecule has 0 amide bonds. The molecule has 3 aromatic rings. The molecule has 5 heteroatoms. The quantitative estimate of drug-likeness (QED) is 0.790. The highest BCUT2D eigenvalue weighted by molar-refractivity contribution is 9.10. The number of rotatable bonds is 2. The van der Waals surface area contributed by atoms with Gasteiger partial charge in [-0.15, -0.1) is 0 Å². The van der Waals surface area contributed by atoms with Crippen molar-refractivity contribution in [2.45, 2.75) is 0 Å². The second-order valence-corrected chi connectivity index (χ2v) is 4.67. The lowest BCUT2D eigenvalue weighted by molar-refractivity contribution is 1.10. The lowest BCUT2D eigenvalue weighted by Gasteiger charge is -1.95. The van der Waals surface area contributed by atoms with Crippen LogP contribution in [-0.2, 0) is 0 Å². The minimum Gasteiger partial charge on any atom is -0.265 e. The van der Waals surface area contributed by atoms with Crippen molar-refractivity contribution < 1.29 is 0 Å². The fourth-order valence-electron chi connectivity index (χ4n) is 1.63. The Labute approximate surface area is 112 Å². The smallest absolute Gasteiger partial charge is 0.181 e. The van der Waals surface area contributed by atoms with Gasteiger partial charge in [-0.25, -0.2) is 4.98 Å². The Morgan fingerprint density at radius 3 is 2.33 bits per heavy atom. The van der Waals surface area contributed by atoms with Gasteiger partial charge in [-0.2, -0.15) is 5.10 Å². The lowest BCUT2D eigenvalue weighted by Crippen LogP contribution is -1.81. The maximum atomic E-state index is 4.47. The molecule has 0 bridgehead atoms. The molecule has 3 rings (SSSR count). The minimum absolute atomic E-state index is 0.689. The summed E-state index contributed by atoms with van der Waals surface area (Å²) in [6.45, 7) is 0. The fourth-order valence-corrected chi connectivity index (χ4v) is 1.89. The molecule has 1 N–H and O–H groups in total. The third kappa shape index (κ3) is 2.17. The molecule has 0 fully saturated rings. The Bertz CT molecular complexity index is 646. The highest BCUT2D eigenvalue weighted by atomic mass is 79.9. The molecule has 0 atom stereocenters. The number of aromatic nitrogens is 4. The molecule has 0 aliphatic heterocycles. The van der Waals surface area contributed by atoms with Crippen molar-refractivity contribution in [2.24, 2.45) is 0 Å². The average Bonchev–Trinajstić information content (AvgIpc) is 2.90. The predicted octanol–water partition coefficient (Wildman–Crippen LogP) is 3.30. The molecule has 1 aromatic carbocycles. The lowest BCUT2D eigenvalue weighted by atomic mass is 10.2. The number of halogens is 1. The molecule has 2 aromatic heterocycles. The normalized spacial score (nSPS) is 10.5. The molecule has 0 saturated carbocycles. The van der Waals surface area contributed by atoms with Crippen molar-refractivity contribution in [1.29, 1.82) is 0 Å². The van der Waals surface area contributed by atoms with Crippen LogP contribution < -0.4 is 0 Å². The summed E-state index contributed by atoms with van der Waals surface area (Å²) in [6, 6.07) is 11.7. The van der Waals surface area contributed by atoms with Gasteiger partial charge in [-0.05, 0) is 24.3 Å². The molecule has 0 aliphatic carbocycles. The van der Waals surface area contributed by atoms with Crippen molar-refractivity contribution in [3.63, 3.8) is 0 Å². The molecule has 2 heterocycles. The summed E-state index contributed by atoms with van der Waals surface area (Å²) in [7, 11) is 0. The molecule has 0 saturated heterocycles. The Morgan fingerprint density at radius 1 is 0.889 bits per heavy atom. The standard InChI is InChI=1S/C13H9BrN4/c14-11-3-1-9(2-4-11)12-16-13(18-17-12)10-5-7-15-8-6-10/h1-8H,(H,16,17,18). The topological polar surface area (TPSA) is 54.5 Å². The molecule has 18 heavy (non-hydrogen) atoms. The van der Waals surface area contributed by atoms with Gasteiger partial charge >= 0.3 is 0 Å². The number of benzene rings is 1. The largest absolute Gasteiger partial charge is 0.265 e. The Balaban J connectivity index is 1.97. The van der Waals surface area contributed by atoms with E-state index < -0.39 is 0 Å². The van der Waals surface area contributed by atoms with Crippen LogP contribution in [0.3, 0.4) is 0 Å². The Kier molecular flexibility index (Phi) is 2.90. The van der Waals surface area contributed by atoms with Gasteiger partial charge in [0.2, 0.25) is 0 Å². The molecular weight excluding hydrogens is 292 g/mol. The number of hydrogen-bond acceptors (Lipinski definition) is 3. The first kappa shape index (κ1) is 11.1. The summed E-state index contributed by atoms with van der Waals surface area (Å²) in [6.07, 6.45) is 3.47. The number of nitrogens with one attached hydrogen (secondary N) is 1. The van der Waals surface area contributed by atoms with E-state index in [4.69, 9.17) is 0 Å². The Morgan fingerprint density at radius 2 is 1.61 bits per heavy atom. The second kappa shape index (κ2) is 4.70. The molecule has 4 nitrogen and oxygen atoms in total. The monoisotopic (exact) mass is 300 g/mol. The van der Waals surface area contributed by atoms with Crippen LogP contribution in [0.25, 0.3) is 22.8 Å². The fraction of sp³-hybridized carbons (Fsp3) is 0. The van der Waals surface area contributed by atoms with Crippen molar-refractivity contribution in [1.82, 2.24) is 20.2 Å². The maximum Gasteiger partial charge on any atom is 0.181 e. The zero-order valence-corrected chi connectivity index (χ0v) is 10.9. The van der Waals surface area contributed by atoms with Crippen LogP contribution >= 0.6 is 15.9 Å². The highest BCUT2D eigenvalue weighted by Gasteiger charge is 2.07. The summed E-state index contributed by atoms with van der Waals surface area (Å²) in [4.78, 5) is 8.45. The van der Waals surface area contributed by atoms with Crippen LogP contribution in [0.15, 0.2) is 53.3 Å². The van der Waals surface area contributed by atoms with Gasteiger partial charge in [-0.3, -0.25) is 10.1 Å². The zero-order chi connectivity index (χ0) is 12.4. The van der Waals surface area contributed by atoms with E-state index in [0.717, 1.165) is 21.4 Å². The van der Waals surface area contributed by atoms with Gasteiger partial charge in [-0.1, -0.05) is 28.1 Å². The van der Waals surface area contributed by atoms with Crippen molar-refractivity contribution in [3.8, 4) is 22.8 Å². The van der Waals surface area contributed by atoms with Crippen LogP contribution in [0.5, 0.6) is 0 Å². The zero-order valence-electron chi connectivity index (χ0n) is 9.34. The molecule has 0 radical (unpaired) electrons. The molecular formula is C13H9BrN4. The highest BCUT2D eigenvalue weighted by Crippen LogP contribution is 2.21. The number of pyridine rings is 1. The summed E-state index contributed by atoms with van der Waals surface area (Å²) in [5.41, 5.74) is 1.95. The number of H-pyrrole nitrogens is 1. The van der Waals surface area contributed by atoms with Gasteiger partial charge in [0, 0.05) is 28.0 Å². The van der Waals surface area contributed by atoms with Crippen molar-refractivity contribution in [3.05, 3.63) is 53.3 Å². The second-order valence-electron chi connectivity index (χ2n) is 3.75. The summed E-state index contributed by atoms with van der Waals surface area (Å²) < 4.78 is 1.04. The van der Waals surface area contributed by atoms with Crippen LogP contribution in [0.4, 0.5) is 0 Å². The number of aromatic amines is 1. The number of nitrogens with zero attached hydrogens (tertiary/aromatic N) is 3. The van der Waals surface area contributed by atoms with Gasteiger partial charge in [0.05, 0.1) is 0 Å². The van der Waals surface area contributed by atoms with E-state index in [1.807, 2.05) is 36.4 Å². The van der Waals surface area contributed by atoms with E-state index in [0.29, 0.717) is 5.82 Å². The van der Waals surface area contributed by atoms with Gasteiger partial charge in [0.25, 0.3) is 0 Å². The van der Waals surface area contributed by atoms with Gasteiger partial charge in [0.15, 0.2) is 11.6 Å². The maximum absolute atomic E-state index is 4.47. The van der Waals surface area contributed by atoms with E-state index in [1.54, 1.807) is 12.4 Å². The third-order valence-electron chi connectivity index (χ3n) is 2.54. The van der Waals surface area contributed by atoms with Crippen LogP contribution in [0, 0.1) is 0 Å². The van der Waals surface area contributed by atoms with E-state index in [-0.39, 0.29) is 0 Å². The third-order valence-corrected chi connectivity index (χ3v) is 3.07. The van der Waals surface area contributed by atoms with Crippen LogP contribution in [0.1, 0.15) is 0 Å². The number of hydrogen-bond donors (Lipinski definition) is 1. The van der Waals surface area contributed by atoms with E-state index in [2.05, 4.69) is 36.1 Å². The van der Waals surface area contributed by atoms with Crippen molar-refractivity contribution >= 4 is 15.9 Å². The molecule has 88 valence electrons. The first-order valence-corrected chi connectivity index (χ1v) is 6.21. The minimum atomic E-state index is 0.689. The van der Waals surface area contributed by atoms with Crippen LogP contribution in [-0.4, -0.2) is 20.2 Å². The Hall–Kier alpha value is -2.01. The molecule has 0 aliphatic rings. The van der Waals surface area contributed by atoms with Crippen LogP contribution in [0.2, 0.25) is 0 Å². The summed E-state index contributed by atoms with van der Waals surface area (Å²) in [5, 5.41) is 7.16. The molecule has 0 spiro atoms. The first-order valence-electron chi connectivity index (χ1n) is 5.42. The molecule has 0 unspecified atom stereocenters. The summed E-state index contributed by atoms with van der Waals surface area (Å²) in [5.74, 6) is 1.43.